The van der Waals surface area contributed by atoms with Gasteiger partial charge in [-0.2, -0.15) is 0 Å². The average molecular weight is 292 g/mol. The molecule has 0 aliphatic carbocycles. The standard InChI is InChI=1S/C18H33NSi/c1-10-18(6,11-2)19-13-17(20(7,8)9)15(5)12-16(19)14(3)4/h12-13,16H,3,10-11H2,1-2,4-9H3. The summed E-state index contributed by atoms with van der Waals surface area (Å²) in [7, 11) is -1.31. The lowest BCUT2D eigenvalue weighted by molar-refractivity contribution is 0.134. The molecule has 1 aliphatic heterocycles. The third-order valence-electron chi connectivity index (χ3n) is 4.86. The number of allylic oxidation sites excluding steroid dienone is 2. The molecule has 0 bridgehead atoms. The summed E-state index contributed by atoms with van der Waals surface area (Å²) >= 11 is 0. The molecule has 0 aromatic carbocycles. The van der Waals surface area contributed by atoms with E-state index in [4.69, 9.17) is 0 Å². The van der Waals surface area contributed by atoms with Crippen LogP contribution in [0.2, 0.25) is 19.6 Å². The molecule has 1 atom stereocenters. The van der Waals surface area contributed by atoms with E-state index in [1.54, 1.807) is 5.20 Å². The summed E-state index contributed by atoms with van der Waals surface area (Å²) in [4.78, 5) is 2.58. The molecule has 0 fully saturated rings. The predicted octanol–water partition coefficient (Wildman–Crippen LogP) is 5.53. The topological polar surface area (TPSA) is 3.24 Å². The average Bonchev–Trinajstić information content (AvgIpc) is 2.35. The van der Waals surface area contributed by atoms with E-state index in [0.717, 1.165) is 12.8 Å². The summed E-state index contributed by atoms with van der Waals surface area (Å²) in [5.74, 6) is 0. The monoisotopic (exact) mass is 291 g/mol. The van der Waals surface area contributed by atoms with E-state index in [1.165, 1.54) is 11.1 Å². The van der Waals surface area contributed by atoms with Crippen molar-refractivity contribution in [3.8, 4) is 0 Å². The Morgan fingerprint density at radius 2 is 1.80 bits per heavy atom. The second-order valence-electron chi connectivity index (χ2n) is 7.54. The molecule has 0 spiro atoms. The van der Waals surface area contributed by atoms with Crippen molar-refractivity contribution in [3.05, 3.63) is 35.2 Å². The van der Waals surface area contributed by atoms with Crippen LogP contribution in [-0.2, 0) is 0 Å². The van der Waals surface area contributed by atoms with E-state index in [1.807, 2.05) is 0 Å². The van der Waals surface area contributed by atoms with Crippen molar-refractivity contribution in [2.45, 2.75) is 78.7 Å². The zero-order valence-corrected chi connectivity index (χ0v) is 15.8. The first-order valence-electron chi connectivity index (χ1n) is 7.91. The van der Waals surface area contributed by atoms with Crippen LogP contribution in [-0.4, -0.2) is 24.6 Å². The highest BCUT2D eigenvalue weighted by Gasteiger charge is 2.35. The van der Waals surface area contributed by atoms with Gasteiger partial charge in [0.25, 0.3) is 0 Å². The molecule has 1 aliphatic rings. The summed E-state index contributed by atoms with van der Waals surface area (Å²) in [5.41, 5.74) is 2.91. The third kappa shape index (κ3) is 3.28. The molecule has 114 valence electrons. The Bertz CT molecular complexity index is 433. The van der Waals surface area contributed by atoms with Gasteiger partial charge in [-0.05, 0) is 45.0 Å². The van der Waals surface area contributed by atoms with Crippen molar-refractivity contribution < 1.29 is 0 Å². The second kappa shape index (κ2) is 5.93. The fraction of sp³-hybridized carbons (Fsp3) is 0.667. The summed E-state index contributed by atoms with van der Waals surface area (Å²) in [6, 6.07) is 0.347. The smallest absolute Gasteiger partial charge is 0.0798 e. The molecule has 2 heteroatoms. The van der Waals surface area contributed by atoms with Crippen LogP contribution in [0.3, 0.4) is 0 Å². The van der Waals surface area contributed by atoms with Crippen LogP contribution >= 0.6 is 0 Å². The fourth-order valence-corrected chi connectivity index (χ4v) is 4.79. The van der Waals surface area contributed by atoms with Gasteiger partial charge in [0.2, 0.25) is 0 Å². The molecule has 0 saturated heterocycles. The van der Waals surface area contributed by atoms with Crippen molar-refractivity contribution in [2.24, 2.45) is 0 Å². The van der Waals surface area contributed by atoms with E-state index in [9.17, 15) is 0 Å². The van der Waals surface area contributed by atoms with Crippen LogP contribution in [0, 0.1) is 0 Å². The highest BCUT2D eigenvalue weighted by atomic mass is 28.3. The second-order valence-corrected chi connectivity index (χ2v) is 12.6. The van der Waals surface area contributed by atoms with Crippen LogP contribution in [0.4, 0.5) is 0 Å². The van der Waals surface area contributed by atoms with Gasteiger partial charge in [0, 0.05) is 5.54 Å². The predicted molar refractivity (Wildman–Crippen MR) is 94.6 cm³/mol. The third-order valence-corrected chi connectivity index (χ3v) is 7.00. The number of nitrogens with zero attached hydrogens (tertiary/aromatic N) is 1. The van der Waals surface area contributed by atoms with Crippen LogP contribution in [0.5, 0.6) is 0 Å². The molecule has 0 amide bonds. The summed E-state index contributed by atoms with van der Waals surface area (Å²) in [6.45, 7) is 22.9. The van der Waals surface area contributed by atoms with Crippen molar-refractivity contribution in [3.63, 3.8) is 0 Å². The Morgan fingerprint density at radius 3 is 2.15 bits per heavy atom. The molecule has 1 heterocycles. The van der Waals surface area contributed by atoms with E-state index < -0.39 is 8.07 Å². The van der Waals surface area contributed by atoms with Crippen LogP contribution in [0.1, 0.15) is 47.5 Å². The van der Waals surface area contributed by atoms with Gasteiger partial charge in [-0.15, -0.1) is 0 Å². The molecule has 0 saturated carbocycles. The molecule has 20 heavy (non-hydrogen) atoms. The zero-order valence-electron chi connectivity index (χ0n) is 14.8. The minimum Gasteiger partial charge on any atom is -0.362 e. The van der Waals surface area contributed by atoms with Gasteiger partial charge in [0.05, 0.1) is 14.1 Å². The lowest BCUT2D eigenvalue weighted by atomic mass is 9.88. The van der Waals surface area contributed by atoms with Crippen molar-refractivity contribution in [2.75, 3.05) is 0 Å². The summed E-state index contributed by atoms with van der Waals surface area (Å²) in [5, 5.41) is 1.59. The summed E-state index contributed by atoms with van der Waals surface area (Å²) < 4.78 is 0. The first-order chi connectivity index (χ1) is 9.06. The SMILES string of the molecule is C=C(C)C1C=C(C)C([Si](C)(C)C)=CN1C(C)(CC)CC. The van der Waals surface area contributed by atoms with Crippen LogP contribution in [0.15, 0.2) is 35.2 Å². The minimum absolute atomic E-state index is 0.214. The molecule has 0 aromatic heterocycles. The van der Waals surface area contributed by atoms with Crippen LogP contribution < -0.4 is 0 Å². The molecule has 1 nitrogen and oxygen atoms in total. The van der Waals surface area contributed by atoms with Gasteiger partial charge in [-0.3, -0.25) is 0 Å². The summed E-state index contributed by atoms with van der Waals surface area (Å²) in [6.07, 6.45) is 7.22. The van der Waals surface area contributed by atoms with E-state index >= 15 is 0 Å². The fourth-order valence-electron chi connectivity index (χ4n) is 3.00. The quantitative estimate of drug-likeness (QED) is 0.475. The van der Waals surface area contributed by atoms with Gasteiger partial charge < -0.3 is 4.90 Å². The van der Waals surface area contributed by atoms with E-state index in [2.05, 4.69) is 78.0 Å². The molecule has 1 unspecified atom stereocenters. The molecular weight excluding hydrogens is 258 g/mol. The Balaban J connectivity index is 3.36. The first kappa shape index (κ1) is 17.3. The van der Waals surface area contributed by atoms with Gasteiger partial charge in [0.15, 0.2) is 0 Å². The lowest BCUT2D eigenvalue weighted by Crippen LogP contribution is -2.50. The highest BCUT2D eigenvalue weighted by Crippen LogP contribution is 2.36. The minimum atomic E-state index is -1.31. The maximum Gasteiger partial charge on any atom is 0.0798 e. The normalized spacial score (nSPS) is 20.6. The lowest BCUT2D eigenvalue weighted by Gasteiger charge is -2.48. The molecule has 0 radical (unpaired) electrons. The highest BCUT2D eigenvalue weighted by molar-refractivity contribution is 6.84. The van der Waals surface area contributed by atoms with Gasteiger partial charge in [-0.25, -0.2) is 0 Å². The Morgan fingerprint density at radius 1 is 1.30 bits per heavy atom. The molecular formula is C18H33NSi. The first-order valence-corrected chi connectivity index (χ1v) is 11.4. The molecule has 1 rings (SSSR count). The van der Waals surface area contributed by atoms with E-state index in [0.29, 0.717) is 6.04 Å². The number of hydrogen-bond acceptors (Lipinski definition) is 1. The zero-order chi connectivity index (χ0) is 15.7. The van der Waals surface area contributed by atoms with Gasteiger partial charge >= 0.3 is 0 Å². The van der Waals surface area contributed by atoms with E-state index in [-0.39, 0.29) is 5.54 Å². The largest absolute Gasteiger partial charge is 0.362 e. The van der Waals surface area contributed by atoms with Crippen LogP contribution in [0.25, 0.3) is 0 Å². The van der Waals surface area contributed by atoms with Crippen molar-refractivity contribution >= 4 is 8.07 Å². The van der Waals surface area contributed by atoms with Gasteiger partial charge in [-0.1, -0.05) is 57.3 Å². The number of rotatable bonds is 5. The van der Waals surface area contributed by atoms with Gasteiger partial charge in [0.1, 0.15) is 0 Å². The Kier molecular flexibility index (Phi) is 5.12. The maximum atomic E-state index is 4.23. The Labute approximate surface area is 127 Å². The van der Waals surface area contributed by atoms with Crippen molar-refractivity contribution in [1.82, 2.24) is 4.90 Å². The Hall–Kier alpha value is -0.763. The van der Waals surface area contributed by atoms with Crippen molar-refractivity contribution in [1.29, 1.82) is 0 Å². The molecule has 0 N–H and O–H groups in total. The number of hydrogen-bond donors (Lipinski definition) is 0. The molecule has 0 aromatic rings. The maximum absolute atomic E-state index is 4.23.